The van der Waals surface area contributed by atoms with E-state index in [1.807, 2.05) is 32.0 Å². The molecule has 0 aliphatic rings. The van der Waals surface area contributed by atoms with Gasteiger partial charge in [0.1, 0.15) is 0 Å². The lowest BCUT2D eigenvalue weighted by Crippen LogP contribution is -2.14. The van der Waals surface area contributed by atoms with Crippen LogP contribution in [0.1, 0.15) is 28.4 Å². The van der Waals surface area contributed by atoms with Gasteiger partial charge in [0.25, 0.3) is 0 Å². The van der Waals surface area contributed by atoms with Gasteiger partial charge in [0.05, 0.1) is 5.25 Å². The number of carbonyl (C=O) groups excluding carboxylic acids is 1. The molecule has 21 heavy (non-hydrogen) atoms. The molecule has 0 aliphatic heterocycles. The first-order chi connectivity index (χ1) is 9.88. The largest absolute Gasteiger partial charge is 0.293 e. The van der Waals surface area contributed by atoms with E-state index in [-0.39, 0.29) is 16.6 Å². The van der Waals surface area contributed by atoms with Gasteiger partial charge in [0, 0.05) is 10.5 Å². The Labute approximate surface area is 127 Å². The lowest BCUT2D eigenvalue weighted by atomic mass is 10.1. The van der Waals surface area contributed by atoms with Crippen molar-refractivity contribution in [3.63, 3.8) is 0 Å². The van der Waals surface area contributed by atoms with E-state index >= 15 is 0 Å². The molecular weight excluding hydrogens is 290 g/mol. The number of ketones is 1. The van der Waals surface area contributed by atoms with E-state index in [9.17, 15) is 13.6 Å². The van der Waals surface area contributed by atoms with Crippen LogP contribution in [0.5, 0.6) is 0 Å². The van der Waals surface area contributed by atoms with Crippen molar-refractivity contribution in [3.8, 4) is 0 Å². The maximum atomic E-state index is 13.2. The smallest absolute Gasteiger partial charge is 0.175 e. The Hall–Kier alpha value is -1.68. The predicted octanol–water partition coefficient (Wildman–Crippen LogP) is 4.95. The third-order valence-electron chi connectivity index (χ3n) is 3.22. The number of hydrogen-bond donors (Lipinski definition) is 0. The van der Waals surface area contributed by atoms with Gasteiger partial charge in [-0.15, -0.1) is 11.8 Å². The van der Waals surface area contributed by atoms with E-state index in [4.69, 9.17) is 0 Å². The van der Waals surface area contributed by atoms with Crippen LogP contribution in [-0.4, -0.2) is 11.0 Å². The molecule has 0 radical (unpaired) electrons. The summed E-state index contributed by atoms with van der Waals surface area (Å²) in [4.78, 5) is 13.3. The Morgan fingerprint density at radius 1 is 1.05 bits per heavy atom. The standard InChI is InChI=1S/C17H16F2OS/c1-10-4-5-11(2)16(8-10)21-12(3)17(20)13-6-7-14(18)15(19)9-13/h4-9,12H,1-3H3. The van der Waals surface area contributed by atoms with Crippen LogP contribution < -0.4 is 0 Å². The molecule has 1 atom stereocenters. The zero-order valence-corrected chi connectivity index (χ0v) is 12.9. The van der Waals surface area contributed by atoms with Gasteiger partial charge in [-0.05, 0) is 50.6 Å². The van der Waals surface area contributed by atoms with E-state index in [2.05, 4.69) is 0 Å². The number of hydrogen-bond acceptors (Lipinski definition) is 2. The topological polar surface area (TPSA) is 17.1 Å². The summed E-state index contributed by atoms with van der Waals surface area (Å²) >= 11 is 1.43. The second kappa shape index (κ2) is 6.39. The van der Waals surface area contributed by atoms with E-state index in [0.29, 0.717) is 0 Å². The summed E-state index contributed by atoms with van der Waals surface area (Å²) in [6.45, 7) is 5.75. The lowest BCUT2D eigenvalue weighted by molar-refractivity contribution is 0.0993. The normalized spacial score (nSPS) is 12.2. The molecule has 0 saturated heterocycles. The molecule has 4 heteroatoms. The molecular formula is C17H16F2OS. The minimum atomic E-state index is -0.996. The van der Waals surface area contributed by atoms with E-state index in [0.717, 1.165) is 28.2 Å². The first kappa shape index (κ1) is 15.7. The molecule has 0 bridgehead atoms. The summed E-state index contributed by atoms with van der Waals surface area (Å²) in [5, 5.41) is -0.365. The van der Waals surface area contributed by atoms with Crippen molar-refractivity contribution in [2.24, 2.45) is 0 Å². The number of benzene rings is 2. The lowest BCUT2D eigenvalue weighted by Gasteiger charge is -2.13. The molecule has 0 N–H and O–H groups in total. The third kappa shape index (κ3) is 3.70. The van der Waals surface area contributed by atoms with Gasteiger partial charge in [-0.3, -0.25) is 4.79 Å². The zero-order valence-electron chi connectivity index (χ0n) is 12.1. The maximum Gasteiger partial charge on any atom is 0.175 e. The van der Waals surface area contributed by atoms with Crippen LogP contribution in [0.4, 0.5) is 8.78 Å². The van der Waals surface area contributed by atoms with Crippen molar-refractivity contribution in [2.75, 3.05) is 0 Å². The predicted molar refractivity (Wildman–Crippen MR) is 81.9 cm³/mol. The van der Waals surface area contributed by atoms with E-state index < -0.39 is 11.6 Å². The van der Waals surface area contributed by atoms with Gasteiger partial charge in [0.15, 0.2) is 17.4 Å². The molecule has 0 spiro atoms. The molecule has 0 amide bonds. The van der Waals surface area contributed by atoms with Crippen LogP contribution in [-0.2, 0) is 0 Å². The highest BCUT2D eigenvalue weighted by atomic mass is 32.2. The highest BCUT2D eigenvalue weighted by Gasteiger charge is 2.18. The Morgan fingerprint density at radius 2 is 1.76 bits per heavy atom. The highest BCUT2D eigenvalue weighted by molar-refractivity contribution is 8.00. The molecule has 0 aliphatic carbocycles. The van der Waals surface area contributed by atoms with Gasteiger partial charge in [-0.2, -0.15) is 0 Å². The first-order valence-electron chi connectivity index (χ1n) is 6.61. The summed E-state index contributed by atoms with van der Waals surface area (Å²) in [6, 6.07) is 9.30. The zero-order chi connectivity index (χ0) is 15.6. The van der Waals surface area contributed by atoms with Crippen molar-refractivity contribution in [1.82, 2.24) is 0 Å². The van der Waals surface area contributed by atoms with Gasteiger partial charge >= 0.3 is 0 Å². The number of rotatable bonds is 4. The van der Waals surface area contributed by atoms with Gasteiger partial charge in [-0.25, -0.2) is 8.78 Å². The first-order valence-corrected chi connectivity index (χ1v) is 7.49. The van der Waals surface area contributed by atoms with Gasteiger partial charge in [0.2, 0.25) is 0 Å². The molecule has 0 aromatic heterocycles. The number of aryl methyl sites for hydroxylation is 2. The summed E-state index contributed by atoms with van der Waals surface area (Å²) < 4.78 is 26.1. The SMILES string of the molecule is Cc1ccc(C)c(SC(C)C(=O)c2ccc(F)c(F)c2)c1. The average Bonchev–Trinajstić information content (AvgIpc) is 2.45. The molecule has 2 rings (SSSR count). The second-order valence-corrected chi connectivity index (χ2v) is 6.40. The Bertz CT molecular complexity index is 682. The average molecular weight is 306 g/mol. The van der Waals surface area contributed by atoms with Crippen molar-refractivity contribution >= 4 is 17.5 Å². The number of Topliss-reactive ketones (excluding diaryl/α,β-unsaturated/α-hetero) is 1. The number of carbonyl (C=O) groups is 1. The van der Waals surface area contributed by atoms with Crippen LogP contribution >= 0.6 is 11.8 Å². The summed E-state index contributed by atoms with van der Waals surface area (Å²) in [5.74, 6) is -2.15. The van der Waals surface area contributed by atoms with Gasteiger partial charge < -0.3 is 0 Å². The van der Waals surface area contributed by atoms with Crippen LogP contribution in [0.3, 0.4) is 0 Å². The van der Waals surface area contributed by atoms with Crippen molar-refractivity contribution in [2.45, 2.75) is 30.9 Å². The number of halogens is 2. The van der Waals surface area contributed by atoms with Crippen molar-refractivity contribution in [3.05, 3.63) is 64.7 Å². The summed E-state index contributed by atoms with van der Waals surface area (Å²) in [5.41, 5.74) is 2.41. The summed E-state index contributed by atoms with van der Waals surface area (Å²) in [6.07, 6.45) is 0. The quantitative estimate of drug-likeness (QED) is 0.587. The van der Waals surface area contributed by atoms with Crippen LogP contribution in [0.2, 0.25) is 0 Å². The molecule has 1 unspecified atom stereocenters. The molecule has 0 fully saturated rings. The molecule has 0 heterocycles. The number of thioether (sulfide) groups is 1. The minimum absolute atomic E-state index is 0.194. The van der Waals surface area contributed by atoms with E-state index in [1.54, 1.807) is 6.92 Å². The Morgan fingerprint density at radius 3 is 2.43 bits per heavy atom. The third-order valence-corrected chi connectivity index (χ3v) is 4.48. The molecule has 0 saturated carbocycles. The van der Waals surface area contributed by atoms with Crippen LogP contribution in [0.25, 0.3) is 0 Å². The molecule has 2 aromatic rings. The molecule has 110 valence electrons. The minimum Gasteiger partial charge on any atom is -0.293 e. The van der Waals surface area contributed by atoms with Crippen molar-refractivity contribution in [1.29, 1.82) is 0 Å². The van der Waals surface area contributed by atoms with E-state index in [1.165, 1.54) is 17.8 Å². The fourth-order valence-corrected chi connectivity index (χ4v) is 3.09. The van der Waals surface area contributed by atoms with Crippen LogP contribution in [0, 0.1) is 25.5 Å². The van der Waals surface area contributed by atoms with Crippen molar-refractivity contribution < 1.29 is 13.6 Å². The maximum absolute atomic E-state index is 13.2. The Kier molecular flexibility index (Phi) is 4.78. The summed E-state index contributed by atoms with van der Waals surface area (Å²) in [7, 11) is 0. The second-order valence-electron chi connectivity index (χ2n) is 5.02. The Balaban J connectivity index is 2.19. The fraction of sp³-hybridized carbons (Fsp3) is 0.235. The monoisotopic (exact) mass is 306 g/mol. The molecule has 1 nitrogen and oxygen atoms in total. The van der Waals surface area contributed by atoms with Crippen LogP contribution in [0.15, 0.2) is 41.3 Å². The highest BCUT2D eigenvalue weighted by Crippen LogP contribution is 2.29. The van der Waals surface area contributed by atoms with Gasteiger partial charge in [-0.1, -0.05) is 17.7 Å². The fourth-order valence-electron chi connectivity index (χ4n) is 1.96. The molecule has 2 aromatic carbocycles.